The van der Waals surface area contributed by atoms with Gasteiger partial charge in [0.25, 0.3) is 0 Å². The van der Waals surface area contributed by atoms with Gasteiger partial charge in [0.2, 0.25) is 6.79 Å². The summed E-state index contributed by atoms with van der Waals surface area (Å²) in [5.74, 6) is 2.17. The summed E-state index contributed by atoms with van der Waals surface area (Å²) in [6, 6.07) is 15.1. The Morgan fingerprint density at radius 3 is 2.62 bits per heavy atom. The van der Waals surface area contributed by atoms with Crippen LogP contribution in [-0.4, -0.2) is 31.8 Å². The van der Waals surface area contributed by atoms with Crippen LogP contribution in [0.3, 0.4) is 0 Å². The van der Waals surface area contributed by atoms with Crippen molar-refractivity contribution in [2.75, 3.05) is 26.9 Å². The predicted molar refractivity (Wildman–Crippen MR) is 82.1 cm³/mol. The van der Waals surface area contributed by atoms with Gasteiger partial charge in [-0.05, 0) is 42.3 Å². The van der Waals surface area contributed by atoms with Crippen molar-refractivity contribution in [2.45, 2.75) is 12.3 Å². The Hall–Kier alpha value is -2.00. The maximum Gasteiger partial charge on any atom is 0.231 e. The van der Waals surface area contributed by atoms with E-state index in [1.54, 1.807) is 0 Å². The third kappa shape index (κ3) is 2.28. The average Bonchev–Trinajstić information content (AvgIpc) is 2.91. The predicted octanol–water partition coefficient (Wildman–Crippen LogP) is 3.04. The minimum Gasteiger partial charge on any atom is -0.454 e. The first-order valence-corrected chi connectivity index (χ1v) is 7.47. The topological polar surface area (TPSA) is 21.7 Å². The molecule has 2 aromatic rings. The SMILES string of the molecule is CN1CCc2cc3c(cc2C(c2ccccc2)C1)OCO3. The number of hydrogen-bond acceptors (Lipinski definition) is 3. The summed E-state index contributed by atoms with van der Waals surface area (Å²) in [6.45, 7) is 2.46. The van der Waals surface area contributed by atoms with Crippen LogP contribution in [0.5, 0.6) is 11.5 Å². The standard InChI is InChI=1S/C18H19NO2/c1-19-8-7-14-9-17-18(21-12-20-17)10-15(14)16(11-19)13-5-3-2-4-6-13/h2-6,9-10,16H,7-8,11-12H2,1H3. The van der Waals surface area contributed by atoms with Crippen molar-refractivity contribution in [3.8, 4) is 11.5 Å². The van der Waals surface area contributed by atoms with E-state index in [2.05, 4.69) is 54.4 Å². The first kappa shape index (κ1) is 12.7. The van der Waals surface area contributed by atoms with Crippen molar-refractivity contribution in [1.29, 1.82) is 0 Å². The van der Waals surface area contributed by atoms with Gasteiger partial charge < -0.3 is 14.4 Å². The highest BCUT2D eigenvalue weighted by molar-refractivity contribution is 5.52. The summed E-state index contributed by atoms with van der Waals surface area (Å²) < 4.78 is 11.1. The molecule has 108 valence electrons. The first-order valence-electron chi connectivity index (χ1n) is 7.47. The van der Waals surface area contributed by atoms with Crippen molar-refractivity contribution >= 4 is 0 Å². The van der Waals surface area contributed by atoms with E-state index in [-0.39, 0.29) is 0 Å². The number of likely N-dealkylation sites (N-methyl/N-ethyl adjacent to an activating group) is 1. The highest BCUT2D eigenvalue weighted by atomic mass is 16.7. The van der Waals surface area contributed by atoms with E-state index in [9.17, 15) is 0 Å². The van der Waals surface area contributed by atoms with Crippen molar-refractivity contribution in [2.24, 2.45) is 0 Å². The lowest BCUT2D eigenvalue weighted by Crippen LogP contribution is -2.24. The van der Waals surface area contributed by atoms with Gasteiger partial charge in [-0.3, -0.25) is 0 Å². The van der Waals surface area contributed by atoms with E-state index >= 15 is 0 Å². The Morgan fingerprint density at radius 1 is 1.05 bits per heavy atom. The van der Waals surface area contributed by atoms with Crippen molar-refractivity contribution in [1.82, 2.24) is 4.90 Å². The van der Waals surface area contributed by atoms with Crippen LogP contribution in [-0.2, 0) is 6.42 Å². The van der Waals surface area contributed by atoms with E-state index in [4.69, 9.17) is 9.47 Å². The molecule has 3 heteroatoms. The molecule has 2 aliphatic heterocycles. The largest absolute Gasteiger partial charge is 0.454 e. The second-order valence-corrected chi connectivity index (χ2v) is 5.88. The molecule has 21 heavy (non-hydrogen) atoms. The fourth-order valence-electron chi connectivity index (χ4n) is 3.32. The summed E-state index contributed by atoms with van der Waals surface area (Å²) >= 11 is 0. The Bertz CT molecular complexity index is 654. The monoisotopic (exact) mass is 281 g/mol. The number of benzene rings is 2. The van der Waals surface area contributed by atoms with Crippen LogP contribution in [0.25, 0.3) is 0 Å². The Morgan fingerprint density at radius 2 is 1.81 bits per heavy atom. The van der Waals surface area contributed by atoms with E-state index in [0.29, 0.717) is 12.7 Å². The summed E-state index contributed by atoms with van der Waals surface area (Å²) in [6.07, 6.45) is 1.06. The summed E-state index contributed by atoms with van der Waals surface area (Å²) in [5.41, 5.74) is 4.14. The van der Waals surface area contributed by atoms with Crippen molar-refractivity contribution in [3.63, 3.8) is 0 Å². The smallest absolute Gasteiger partial charge is 0.231 e. The molecule has 4 rings (SSSR count). The van der Waals surface area contributed by atoms with Crippen LogP contribution in [0.2, 0.25) is 0 Å². The third-order valence-electron chi connectivity index (χ3n) is 4.47. The van der Waals surface area contributed by atoms with Crippen LogP contribution < -0.4 is 9.47 Å². The zero-order chi connectivity index (χ0) is 14.2. The Labute approximate surface area is 125 Å². The number of ether oxygens (including phenoxy) is 2. The van der Waals surface area contributed by atoms with Gasteiger partial charge in [0, 0.05) is 19.0 Å². The summed E-state index contributed by atoms with van der Waals surface area (Å²) in [7, 11) is 2.20. The second kappa shape index (κ2) is 5.08. The second-order valence-electron chi connectivity index (χ2n) is 5.88. The quantitative estimate of drug-likeness (QED) is 0.802. The van der Waals surface area contributed by atoms with Crippen molar-refractivity contribution in [3.05, 3.63) is 59.2 Å². The molecule has 1 unspecified atom stereocenters. The lowest BCUT2D eigenvalue weighted by atomic mass is 9.87. The van der Waals surface area contributed by atoms with Crippen LogP contribution >= 0.6 is 0 Å². The minimum absolute atomic E-state index is 0.341. The van der Waals surface area contributed by atoms with E-state index < -0.39 is 0 Å². The lowest BCUT2D eigenvalue weighted by molar-refractivity contribution is 0.174. The highest BCUT2D eigenvalue weighted by Crippen LogP contribution is 2.40. The van der Waals surface area contributed by atoms with Gasteiger partial charge in [-0.15, -0.1) is 0 Å². The van der Waals surface area contributed by atoms with Crippen LogP contribution in [0.4, 0.5) is 0 Å². The molecule has 0 aliphatic carbocycles. The van der Waals surface area contributed by atoms with Gasteiger partial charge in [-0.2, -0.15) is 0 Å². The van der Waals surface area contributed by atoms with Gasteiger partial charge in [0.05, 0.1) is 0 Å². The van der Waals surface area contributed by atoms with Crippen LogP contribution in [0, 0.1) is 0 Å². The van der Waals surface area contributed by atoms with Crippen LogP contribution in [0.15, 0.2) is 42.5 Å². The fraction of sp³-hybridized carbons (Fsp3) is 0.333. The van der Waals surface area contributed by atoms with E-state index in [0.717, 1.165) is 31.0 Å². The molecule has 0 saturated heterocycles. The van der Waals surface area contributed by atoms with Gasteiger partial charge in [0.15, 0.2) is 11.5 Å². The number of nitrogens with zero attached hydrogens (tertiary/aromatic N) is 1. The molecule has 0 spiro atoms. The maximum absolute atomic E-state index is 5.58. The molecule has 2 aliphatic rings. The molecule has 1 atom stereocenters. The van der Waals surface area contributed by atoms with Gasteiger partial charge in [0.1, 0.15) is 0 Å². The van der Waals surface area contributed by atoms with E-state index in [1.807, 2.05) is 0 Å². The molecule has 2 heterocycles. The van der Waals surface area contributed by atoms with Gasteiger partial charge in [-0.25, -0.2) is 0 Å². The molecule has 0 radical (unpaired) electrons. The van der Waals surface area contributed by atoms with Gasteiger partial charge >= 0.3 is 0 Å². The molecule has 2 aromatic carbocycles. The summed E-state index contributed by atoms with van der Waals surface area (Å²) in [5, 5.41) is 0. The zero-order valence-corrected chi connectivity index (χ0v) is 12.2. The minimum atomic E-state index is 0.341. The molecule has 0 saturated carbocycles. The average molecular weight is 281 g/mol. The third-order valence-corrected chi connectivity index (χ3v) is 4.47. The molecule has 0 N–H and O–H groups in total. The number of fused-ring (bicyclic) bond motifs is 2. The Kier molecular flexibility index (Phi) is 3.08. The Balaban J connectivity index is 1.84. The highest BCUT2D eigenvalue weighted by Gasteiger charge is 2.26. The zero-order valence-electron chi connectivity index (χ0n) is 12.2. The molecule has 0 aromatic heterocycles. The first-order chi connectivity index (χ1) is 10.3. The molecule has 0 fully saturated rings. The van der Waals surface area contributed by atoms with Crippen molar-refractivity contribution < 1.29 is 9.47 Å². The number of rotatable bonds is 1. The normalized spacial score (nSPS) is 20.9. The molecular weight excluding hydrogens is 262 g/mol. The number of hydrogen-bond donors (Lipinski definition) is 0. The maximum atomic E-state index is 5.58. The summed E-state index contributed by atoms with van der Waals surface area (Å²) in [4.78, 5) is 2.41. The van der Waals surface area contributed by atoms with Gasteiger partial charge in [-0.1, -0.05) is 30.3 Å². The molecule has 0 amide bonds. The van der Waals surface area contributed by atoms with E-state index in [1.165, 1.54) is 16.7 Å². The lowest BCUT2D eigenvalue weighted by Gasteiger charge is -2.22. The van der Waals surface area contributed by atoms with Crippen LogP contribution in [0.1, 0.15) is 22.6 Å². The molecular formula is C18H19NO2. The molecule has 3 nitrogen and oxygen atoms in total. The molecule has 0 bridgehead atoms. The fourth-order valence-corrected chi connectivity index (χ4v) is 3.32.